The zero-order valence-corrected chi connectivity index (χ0v) is 16.0. The molecule has 1 heterocycles. The van der Waals surface area contributed by atoms with Gasteiger partial charge in [0.15, 0.2) is 0 Å². The van der Waals surface area contributed by atoms with Crippen molar-refractivity contribution in [3.8, 4) is 5.75 Å². The lowest BCUT2D eigenvalue weighted by atomic mass is 9.96. The molecule has 2 N–H and O–H groups in total. The van der Waals surface area contributed by atoms with Gasteiger partial charge in [-0.3, -0.25) is 0 Å². The fourth-order valence-corrected chi connectivity index (χ4v) is 5.16. The molecule has 0 unspecified atom stereocenters. The van der Waals surface area contributed by atoms with Crippen LogP contribution in [0.5, 0.6) is 5.75 Å². The van der Waals surface area contributed by atoms with E-state index in [9.17, 15) is 13.2 Å². The number of nitrogens with zero attached hydrogens (tertiary/aromatic N) is 1. The van der Waals surface area contributed by atoms with Crippen molar-refractivity contribution >= 4 is 21.7 Å². The average Bonchev–Trinajstić information content (AvgIpc) is 3.18. The van der Waals surface area contributed by atoms with Gasteiger partial charge < -0.3 is 15.4 Å². The summed E-state index contributed by atoms with van der Waals surface area (Å²) in [5.41, 5.74) is 0.362. The number of rotatable bonds is 5. The van der Waals surface area contributed by atoms with E-state index in [0.29, 0.717) is 24.5 Å². The molecule has 8 heteroatoms. The van der Waals surface area contributed by atoms with Gasteiger partial charge >= 0.3 is 6.03 Å². The maximum absolute atomic E-state index is 12.7. The number of hydrogen-bond donors (Lipinski definition) is 2. The Bertz CT molecular complexity index is 739. The highest BCUT2D eigenvalue weighted by Crippen LogP contribution is 2.30. The van der Waals surface area contributed by atoms with Crippen LogP contribution in [-0.4, -0.2) is 45.0 Å². The van der Waals surface area contributed by atoms with Gasteiger partial charge in [0, 0.05) is 19.1 Å². The van der Waals surface area contributed by atoms with E-state index in [1.807, 2.05) is 0 Å². The molecule has 0 spiro atoms. The highest BCUT2D eigenvalue weighted by Gasteiger charge is 2.28. The fraction of sp³-hybridized carbons (Fsp3) is 0.611. The molecule has 3 rings (SSSR count). The summed E-state index contributed by atoms with van der Waals surface area (Å²) in [7, 11) is -2.05. The van der Waals surface area contributed by atoms with Gasteiger partial charge in [-0.2, -0.15) is 4.31 Å². The van der Waals surface area contributed by atoms with Crippen LogP contribution in [0.15, 0.2) is 23.1 Å². The molecule has 1 aromatic carbocycles. The molecule has 144 valence electrons. The first kappa shape index (κ1) is 19.0. The lowest BCUT2D eigenvalue weighted by Crippen LogP contribution is -2.39. The number of methoxy groups -OCH3 is 1. The lowest BCUT2D eigenvalue weighted by molar-refractivity contribution is 0.244. The minimum atomic E-state index is -3.54. The van der Waals surface area contributed by atoms with Gasteiger partial charge in [0.1, 0.15) is 5.75 Å². The number of urea groups is 1. The third-order valence-electron chi connectivity index (χ3n) is 5.06. The predicted octanol–water partition coefficient (Wildman–Crippen LogP) is 2.93. The molecule has 1 saturated carbocycles. The van der Waals surface area contributed by atoms with Crippen LogP contribution < -0.4 is 15.4 Å². The quantitative estimate of drug-likeness (QED) is 0.821. The number of anilines is 1. The second-order valence-corrected chi connectivity index (χ2v) is 8.84. The van der Waals surface area contributed by atoms with Crippen molar-refractivity contribution in [1.29, 1.82) is 0 Å². The Hall–Kier alpha value is -1.80. The molecule has 2 aliphatic rings. The van der Waals surface area contributed by atoms with E-state index in [0.717, 1.165) is 38.5 Å². The Balaban J connectivity index is 1.75. The molecule has 0 radical (unpaired) electrons. The molecule has 2 amide bonds. The number of carbonyl (C=O) groups excluding carboxylic acids is 1. The van der Waals surface area contributed by atoms with Gasteiger partial charge in [0.25, 0.3) is 0 Å². The van der Waals surface area contributed by atoms with E-state index in [2.05, 4.69) is 10.6 Å². The predicted molar refractivity (Wildman–Crippen MR) is 100 cm³/mol. The second-order valence-electron chi connectivity index (χ2n) is 6.91. The number of hydrogen-bond acceptors (Lipinski definition) is 4. The highest BCUT2D eigenvalue weighted by atomic mass is 32.2. The van der Waals surface area contributed by atoms with Crippen LogP contribution in [0.1, 0.15) is 44.9 Å². The van der Waals surface area contributed by atoms with Crippen LogP contribution in [0.2, 0.25) is 0 Å². The molecule has 1 aliphatic carbocycles. The van der Waals surface area contributed by atoms with Crippen molar-refractivity contribution in [2.24, 2.45) is 0 Å². The van der Waals surface area contributed by atoms with Gasteiger partial charge in [-0.25, -0.2) is 13.2 Å². The molecular formula is C18H27N3O4S. The topological polar surface area (TPSA) is 87.7 Å². The second kappa shape index (κ2) is 8.26. The summed E-state index contributed by atoms with van der Waals surface area (Å²) in [4.78, 5) is 12.5. The first-order chi connectivity index (χ1) is 12.5. The third-order valence-corrected chi connectivity index (χ3v) is 6.96. The molecule has 2 fully saturated rings. The molecule has 0 atom stereocenters. The number of sulfonamides is 1. The first-order valence-electron chi connectivity index (χ1n) is 9.26. The van der Waals surface area contributed by atoms with Gasteiger partial charge in [-0.1, -0.05) is 19.3 Å². The van der Waals surface area contributed by atoms with E-state index in [1.165, 1.54) is 30.0 Å². The number of ether oxygens (including phenoxy) is 1. The van der Waals surface area contributed by atoms with E-state index < -0.39 is 10.0 Å². The smallest absolute Gasteiger partial charge is 0.319 e. The maximum atomic E-state index is 12.7. The number of carbonyl (C=O) groups is 1. The Kier molecular flexibility index (Phi) is 6.03. The molecule has 1 aromatic rings. The maximum Gasteiger partial charge on any atom is 0.319 e. The van der Waals surface area contributed by atoms with Gasteiger partial charge in [0.05, 0.1) is 17.7 Å². The minimum Gasteiger partial charge on any atom is -0.495 e. The molecule has 0 aromatic heterocycles. The van der Waals surface area contributed by atoms with E-state index >= 15 is 0 Å². The standard InChI is InChI=1S/C18H27N3O4S/c1-25-17-10-9-15(26(23,24)21-11-5-6-12-21)13-16(17)20-18(22)19-14-7-3-2-4-8-14/h9-10,13-14H,2-8,11-12H2,1H3,(H2,19,20,22). The summed E-state index contributed by atoms with van der Waals surface area (Å²) >= 11 is 0. The Morgan fingerprint density at radius 1 is 1.12 bits per heavy atom. The zero-order valence-electron chi connectivity index (χ0n) is 15.2. The number of benzene rings is 1. The van der Waals surface area contributed by atoms with Gasteiger partial charge in [-0.15, -0.1) is 0 Å². The van der Waals surface area contributed by atoms with Crippen molar-refractivity contribution in [3.63, 3.8) is 0 Å². The van der Waals surface area contributed by atoms with Crippen molar-refractivity contribution in [1.82, 2.24) is 9.62 Å². The molecule has 7 nitrogen and oxygen atoms in total. The third kappa shape index (κ3) is 4.29. The van der Waals surface area contributed by atoms with E-state index in [1.54, 1.807) is 6.07 Å². The van der Waals surface area contributed by atoms with Crippen LogP contribution in [0.25, 0.3) is 0 Å². The van der Waals surface area contributed by atoms with E-state index in [-0.39, 0.29) is 17.0 Å². The van der Waals surface area contributed by atoms with Gasteiger partial charge in [0.2, 0.25) is 10.0 Å². The summed E-state index contributed by atoms with van der Waals surface area (Å²) in [6.45, 7) is 1.08. The average molecular weight is 381 g/mol. The number of nitrogens with one attached hydrogen (secondary N) is 2. The largest absolute Gasteiger partial charge is 0.495 e. The Morgan fingerprint density at radius 2 is 1.81 bits per heavy atom. The number of amides is 2. The SMILES string of the molecule is COc1ccc(S(=O)(=O)N2CCCC2)cc1NC(=O)NC1CCCCC1. The Labute approximate surface area is 155 Å². The molecule has 1 saturated heterocycles. The molecule has 0 bridgehead atoms. The van der Waals surface area contributed by atoms with Crippen molar-refractivity contribution in [2.45, 2.75) is 55.9 Å². The summed E-state index contributed by atoms with van der Waals surface area (Å²) in [5, 5.41) is 5.72. The molecular weight excluding hydrogens is 354 g/mol. The monoisotopic (exact) mass is 381 g/mol. The van der Waals surface area contributed by atoms with Crippen molar-refractivity contribution in [3.05, 3.63) is 18.2 Å². The summed E-state index contributed by atoms with van der Waals surface area (Å²) in [6.07, 6.45) is 7.18. The molecule has 26 heavy (non-hydrogen) atoms. The van der Waals surface area contributed by atoms with Crippen LogP contribution in [-0.2, 0) is 10.0 Å². The minimum absolute atomic E-state index is 0.172. The first-order valence-corrected chi connectivity index (χ1v) is 10.7. The Morgan fingerprint density at radius 3 is 2.46 bits per heavy atom. The summed E-state index contributed by atoms with van der Waals surface area (Å²) in [6, 6.07) is 4.43. The van der Waals surface area contributed by atoms with Crippen molar-refractivity contribution < 1.29 is 17.9 Å². The van der Waals surface area contributed by atoms with Crippen LogP contribution in [0.3, 0.4) is 0 Å². The summed E-state index contributed by atoms with van der Waals surface area (Å²) in [5.74, 6) is 0.434. The van der Waals surface area contributed by atoms with Gasteiger partial charge in [-0.05, 0) is 43.9 Å². The summed E-state index contributed by atoms with van der Waals surface area (Å²) < 4.78 is 32.3. The zero-order chi connectivity index (χ0) is 18.6. The normalized spacial score (nSPS) is 19.3. The van der Waals surface area contributed by atoms with Crippen LogP contribution in [0, 0.1) is 0 Å². The highest BCUT2D eigenvalue weighted by molar-refractivity contribution is 7.89. The van der Waals surface area contributed by atoms with Crippen LogP contribution in [0.4, 0.5) is 10.5 Å². The van der Waals surface area contributed by atoms with Crippen LogP contribution >= 0.6 is 0 Å². The van der Waals surface area contributed by atoms with E-state index in [4.69, 9.17) is 4.74 Å². The molecule has 1 aliphatic heterocycles. The lowest BCUT2D eigenvalue weighted by Gasteiger charge is -2.23. The fourth-order valence-electron chi connectivity index (χ4n) is 3.61. The van der Waals surface area contributed by atoms with Crippen molar-refractivity contribution in [2.75, 3.05) is 25.5 Å².